The predicted octanol–water partition coefficient (Wildman–Crippen LogP) is 3.18. The zero-order chi connectivity index (χ0) is 16.3. The lowest BCUT2D eigenvalue weighted by Gasteiger charge is -2.45. The predicted molar refractivity (Wildman–Crippen MR) is 92.0 cm³/mol. The molecule has 0 aromatic carbocycles. The molecule has 2 aliphatic heterocycles. The summed E-state index contributed by atoms with van der Waals surface area (Å²) < 4.78 is 0. The van der Waals surface area contributed by atoms with Gasteiger partial charge in [-0.3, -0.25) is 4.90 Å². The minimum absolute atomic E-state index is 0.0278. The Hall–Kier alpha value is -0.770. The molecule has 2 heterocycles. The summed E-state index contributed by atoms with van der Waals surface area (Å²) in [6.07, 6.45) is 3.71. The summed E-state index contributed by atoms with van der Waals surface area (Å²) in [5, 5.41) is 3.19. The lowest BCUT2D eigenvalue weighted by atomic mass is 9.88. The van der Waals surface area contributed by atoms with E-state index in [-0.39, 0.29) is 11.6 Å². The van der Waals surface area contributed by atoms with E-state index < -0.39 is 0 Å². The summed E-state index contributed by atoms with van der Waals surface area (Å²) in [4.78, 5) is 17.0. The van der Waals surface area contributed by atoms with E-state index in [1.165, 1.54) is 12.8 Å². The zero-order valence-corrected chi connectivity index (χ0v) is 15.2. The first-order valence-corrected chi connectivity index (χ1v) is 9.05. The maximum Gasteiger partial charge on any atom is 0.317 e. The number of rotatable bonds is 3. The van der Waals surface area contributed by atoms with Crippen molar-refractivity contribution in [3.8, 4) is 0 Å². The smallest absolute Gasteiger partial charge is 0.317 e. The molecule has 1 N–H and O–H groups in total. The molecule has 0 spiro atoms. The average molecular weight is 309 g/mol. The quantitative estimate of drug-likeness (QED) is 0.869. The van der Waals surface area contributed by atoms with Crippen molar-refractivity contribution in [3.05, 3.63) is 0 Å². The molecule has 4 heteroatoms. The van der Waals surface area contributed by atoms with Gasteiger partial charge in [-0.05, 0) is 50.9 Å². The second kappa shape index (κ2) is 7.20. The third-order valence-corrected chi connectivity index (χ3v) is 5.34. The number of piperidine rings is 2. The van der Waals surface area contributed by atoms with Crippen molar-refractivity contribution in [2.24, 2.45) is 17.8 Å². The van der Waals surface area contributed by atoms with Gasteiger partial charge in [0.25, 0.3) is 0 Å². The third kappa shape index (κ3) is 4.61. The molecule has 22 heavy (non-hydrogen) atoms. The normalized spacial score (nSPS) is 31.1. The Kier molecular flexibility index (Phi) is 5.76. The molecular weight excluding hydrogens is 274 g/mol. The second-order valence-corrected chi connectivity index (χ2v) is 8.52. The highest BCUT2D eigenvalue weighted by molar-refractivity contribution is 5.74. The fourth-order valence-corrected chi connectivity index (χ4v) is 4.05. The molecule has 0 saturated carbocycles. The molecule has 2 rings (SSSR count). The molecule has 2 fully saturated rings. The highest BCUT2D eigenvalue weighted by Gasteiger charge is 2.33. The summed E-state index contributed by atoms with van der Waals surface area (Å²) in [6, 6.07) is 0.123. The fraction of sp³-hybridized carbons (Fsp3) is 0.944. The van der Waals surface area contributed by atoms with E-state index in [1.807, 2.05) is 4.90 Å². The Bertz CT molecular complexity index is 373. The van der Waals surface area contributed by atoms with Crippen molar-refractivity contribution in [1.82, 2.24) is 15.1 Å². The minimum Gasteiger partial charge on any atom is -0.336 e. The summed E-state index contributed by atoms with van der Waals surface area (Å²) in [5.41, 5.74) is 0.0278. The van der Waals surface area contributed by atoms with Crippen LogP contribution >= 0.6 is 0 Å². The summed E-state index contributed by atoms with van der Waals surface area (Å²) in [5.74, 6) is 2.14. The Labute approximate surface area is 136 Å². The standard InChI is InChI=1S/C18H35N3O/c1-14-7-6-8-20(10-14)17(22)19-13-18(4,5)21-11-15(2)9-16(3)12-21/h14-16H,6-13H2,1-5H3,(H,19,22). The Balaban J connectivity index is 1.84. The molecule has 2 amide bonds. The molecule has 2 aliphatic rings. The van der Waals surface area contributed by atoms with Crippen molar-refractivity contribution in [1.29, 1.82) is 0 Å². The number of hydrogen-bond donors (Lipinski definition) is 1. The topological polar surface area (TPSA) is 35.6 Å². The zero-order valence-electron chi connectivity index (χ0n) is 15.2. The molecule has 0 aromatic rings. The first-order valence-electron chi connectivity index (χ1n) is 9.05. The molecule has 2 saturated heterocycles. The van der Waals surface area contributed by atoms with Crippen LogP contribution in [0.25, 0.3) is 0 Å². The van der Waals surface area contributed by atoms with Crippen LogP contribution < -0.4 is 5.32 Å². The SMILES string of the molecule is CC1CCCN(C(=O)NCC(C)(C)N2CC(C)CC(C)C2)C1. The third-order valence-electron chi connectivity index (χ3n) is 5.34. The largest absolute Gasteiger partial charge is 0.336 e. The van der Waals surface area contributed by atoms with Gasteiger partial charge in [0.05, 0.1) is 0 Å². The Morgan fingerprint density at radius 2 is 1.73 bits per heavy atom. The molecule has 128 valence electrons. The maximum atomic E-state index is 12.4. The van der Waals surface area contributed by atoms with Crippen LogP contribution in [0.4, 0.5) is 4.79 Å². The Morgan fingerprint density at radius 3 is 2.32 bits per heavy atom. The van der Waals surface area contributed by atoms with Crippen molar-refractivity contribution in [3.63, 3.8) is 0 Å². The van der Waals surface area contributed by atoms with E-state index >= 15 is 0 Å². The molecule has 4 nitrogen and oxygen atoms in total. The Morgan fingerprint density at radius 1 is 1.09 bits per heavy atom. The molecule has 0 bridgehead atoms. The van der Waals surface area contributed by atoms with Crippen LogP contribution in [0.2, 0.25) is 0 Å². The van der Waals surface area contributed by atoms with Gasteiger partial charge in [-0.25, -0.2) is 4.79 Å². The van der Waals surface area contributed by atoms with E-state index in [4.69, 9.17) is 0 Å². The van der Waals surface area contributed by atoms with Gasteiger partial charge >= 0.3 is 6.03 Å². The summed E-state index contributed by atoms with van der Waals surface area (Å²) in [6.45, 7) is 16.3. The van der Waals surface area contributed by atoms with E-state index in [0.29, 0.717) is 5.92 Å². The van der Waals surface area contributed by atoms with Crippen molar-refractivity contribution in [2.75, 3.05) is 32.7 Å². The number of likely N-dealkylation sites (tertiary alicyclic amines) is 2. The lowest BCUT2D eigenvalue weighted by Crippen LogP contribution is -2.57. The number of hydrogen-bond acceptors (Lipinski definition) is 2. The van der Waals surface area contributed by atoms with E-state index in [9.17, 15) is 4.79 Å². The fourth-order valence-electron chi connectivity index (χ4n) is 4.05. The maximum absolute atomic E-state index is 12.4. The second-order valence-electron chi connectivity index (χ2n) is 8.52. The van der Waals surface area contributed by atoms with E-state index in [2.05, 4.69) is 44.8 Å². The van der Waals surface area contributed by atoms with Gasteiger partial charge in [0, 0.05) is 38.3 Å². The van der Waals surface area contributed by atoms with Crippen LogP contribution in [-0.4, -0.2) is 54.1 Å². The first-order chi connectivity index (χ1) is 10.3. The number of nitrogens with zero attached hydrogens (tertiary/aromatic N) is 2. The number of amides is 2. The number of nitrogens with one attached hydrogen (secondary N) is 1. The molecule has 3 unspecified atom stereocenters. The van der Waals surface area contributed by atoms with Gasteiger partial charge in [-0.15, -0.1) is 0 Å². The van der Waals surface area contributed by atoms with Crippen molar-refractivity contribution >= 4 is 6.03 Å². The first kappa shape index (κ1) is 17.6. The highest BCUT2D eigenvalue weighted by Crippen LogP contribution is 2.27. The van der Waals surface area contributed by atoms with Crippen LogP contribution in [0.15, 0.2) is 0 Å². The van der Waals surface area contributed by atoms with Crippen LogP contribution in [0, 0.1) is 17.8 Å². The summed E-state index contributed by atoms with van der Waals surface area (Å²) in [7, 11) is 0. The van der Waals surface area contributed by atoms with Gasteiger partial charge in [0.1, 0.15) is 0 Å². The average Bonchev–Trinajstić information content (AvgIpc) is 2.44. The number of urea groups is 1. The monoisotopic (exact) mass is 309 g/mol. The molecule has 0 radical (unpaired) electrons. The highest BCUT2D eigenvalue weighted by atomic mass is 16.2. The number of carbonyl (C=O) groups is 1. The number of carbonyl (C=O) groups excluding carboxylic acids is 1. The van der Waals surface area contributed by atoms with Gasteiger partial charge in [0.15, 0.2) is 0 Å². The molecule has 0 aliphatic carbocycles. The molecule has 0 aromatic heterocycles. The minimum atomic E-state index is 0.0278. The van der Waals surface area contributed by atoms with Crippen molar-refractivity contribution < 1.29 is 4.79 Å². The van der Waals surface area contributed by atoms with Gasteiger partial charge in [0.2, 0.25) is 0 Å². The van der Waals surface area contributed by atoms with Crippen LogP contribution in [-0.2, 0) is 0 Å². The lowest BCUT2D eigenvalue weighted by molar-refractivity contribution is 0.0460. The summed E-state index contributed by atoms with van der Waals surface area (Å²) >= 11 is 0. The molecule has 3 atom stereocenters. The van der Waals surface area contributed by atoms with E-state index in [1.54, 1.807) is 0 Å². The van der Waals surface area contributed by atoms with Crippen LogP contribution in [0.5, 0.6) is 0 Å². The van der Waals surface area contributed by atoms with Gasteiger partial charge < -0.3 is 10.2 Å². The van der Waals surface area contributed by atoms with E-state index in [0.717, 1.165) is 51.0 Å². The van der Waals surface area contributed by atoms with Gasteiger partial charge in [-0.2, -0.15) is 0 Å². The van der Waals surface area contributed by atoms with Crippen LogP contribution in [0.3, 0.4) is 0 Å². The van der Waals surface area contributed by atoms with Crippen molar-refractivity contribution in [2.45, 2.75) is 59.4 Å². The molecular formula is C18H35N3O. The van der Waals surface area contributed by atoms with Gasteiger partial charge in [-0.1, -0.05) is 20.8 Å². The van der Waals surface area contributed by atoms with Crippen LogP contribution in [0.1, 0.15) is 53.9 Å².